The van der Waals surface area contributed by atoms with Crippen LogP contribution in [0.3, 0.4) is 0 Å². The molecule has 2 rings (SSSR count). The lowest BCUT2D eigenvalue weighted by Crippen LogP contribution is -2.12. The van der Waals surface area contributed by atoms with Crippen molar-refractivity contribution in [1.82, 2.24) is 0 Å². The van der Waals surface area contributed by atoms with Crippen molar-refractivity contribution in [1.29, 1.82) is 0 Å². The molecule has 0 saturated heterocycles. The molecule has 0 aromatic heterocycles. The Kier molecular flexibility index (Phi) is 4.35. The van der Waals surface area contributed by atoms with Gasteiger partial charge in [0.25, 0.3) is 0 Å². The van der Waals surface area contributed by atoms with Crippen molar-refractivity contribution in [2.45, 2.75) is 6.61 Å². The minimum atomic E-state index is -0.312. The monoisotopic (exact) mass is 295 g/mol. The maximum Gasteiger partial charge on any atom is 0.130 e. The smallest absolute Gasteiger partial charge is 0.130 e. The van der Waals surface area contributed by atoms with Crippen LogP contribution in [0.4, 0.5) is 4.39 Å². The minimum Gasteiger partial charge on any atom is -0.488 e. The van der Waals surface area contributed by atoms with Gasteiger partial charge in [0, 0.05) is 10.6 Å². The summed E-state index contributed by atoms with van der Waals surface area (Å²) < 4.78 is 19.0. The molecule has 0 radical (unpaired) electrons. The zero-order chi connectivity index (χ0) is 13.8. The van der Waals surface area contributed by atoms with Gasteiger partial charge >= 0.3 is 0 Å². The van der Waals surface area contributed by atoms with Gasteiger partial charge in [-0.15, -0.1) is 0 Å². The van der Waals surface area contributed by atoms with E-state index in [0.717, 1.165) is 0 Å². The van der Waals surface area contributed by atoms with E-state index in [0.29, 0.717) is 21.9 Å². The maximum absolute atomic E-state index is 13.5. The highest BCUT2D eigenvalue weighted by Gasteiger charge is 2.09. The summed E-state index contributed by atoms with van der Waals surface area (Å²) in [7, 11) is 0. The van der Waals surface area contributed by atoms with E-state index >= 15 is 0 Å². The van der Waals surface area contributed by atoms with Gasteiger partial charge in [-0.25, -0.2) is 4.39 Å². The van der Waals surface area contributed by atoms with Crippen LogP contribution in [0.15, 0.2) is 42.5 Å². The van der Waals surface area contributed by atoms with E-state index < -0.39 is 0 Å². The van der Waals surface area contributed by atoms with E-state index in [4.69, 9.17) is 34.3 Å². The molecule has 0 heterocycles. The molecular weight excluding hydrogens is 285 g/mol. The third-order valence-electron chi connectivity index (χ3n) is 2.55. The number of rotatable bonds is 4. The third-order valence-corrected chi connectivity index (χ3v) is 3.00. The molecule has 0 aliphatic carbocycles. The number of halogens is 2. The molecule has 5 heteroatoms. The maximum atomic E-state index is 13.5. The molecule has 2 N–H and O–H groups in total. The first kappa shape index (κ1) is 13.8. The number of hydrogen-bond acceptors (Lipinski definition) is 2. The summed E-state index contributed by atoms with van der Waals surface area (Å²) in [6.45, 7) is 0.101. The molecule has 0 bridgehead atoms. The summed E-state index contributed by atoms with van der Waals surface area (Å²) in [5, 5.41) is 0.515. The summed E-state index contributed by atoms with van der Waals surface area (Å²) in [5.74, 6) is 0.175. The van der Waals surface area contributed by atoms with Crippen molar-refractivity contribution in [2.24, 2.45) is 5.73 Å². The molecule has 0 spiro atoms. The molecule has 0 amide bonds. The molecule has 0 fully saturated rings. The Labute approximate surface area is 120 Å². The van der Waals surface area contributed by atoms with Gasteiger partial charge in [0.15, 0.2) is 0 Å². The Bertz CT molecular complexity index is 618. The second kappa shape index (κ2) is 5.99. The van der Waals surface area contributed by atoms with Crippen LogP contribution in [0, 0.1) is 5.82 Å². The number of hydrogen-bond donors (Lipinski definition) is 1. The average Bonchev–Trinajstić information content (AvgIpc) is 2.38. The Balaban J connectivity index is 2.20. The first-order valence-electron chi connectivity index (χ1n) is 5.53. The molecule has 0 unspecified atom stereocenters. The van der Waals surface area contributed by atoms with E-state index in [-0.39, 0.29) is 17.4 Å². The van der Waals surface area contributed by atoms with Gasteiger partial charge in [0.2, 0.25) is 0 Å². The lowest BCUT2D eigenvalue weighted by Gasteiger charge is -2.11. The molecule has 98 valence electrons. The van der Waals surface area contributed by atoms with Crippen molar-refractivity contribution in [2.75, 3.05) is 0 Å². The van der Waals surface area contributed by atoms with E-state index in [2.05, 4.69) is 0 Å². The van der Waals surface area contributed by atoms with E-state index in [1.807, 2.05) is 0 Å². The van der Waals surface area contributed by atoms with E-state index in [1.54, 1.807) is 36.4 Å². The van der Waals surface area contributed by atoms with E-state index in [9.17, 15) is 4.39 Å². The highest BCUT2D eigenvalue weighted by Crippen LogP contribution is 2.24. The molecule has 2 aromatic carbocycles. The van der Waals surface area contributed by atoms with Crippen LogP contribution >= 0.6 is 23.8 Å². The minimum absolute atomic E-state index is 0.101. The topological polar surface area (TPSA) is 35.2 Å². The molecule has 2 nitrogen and oxygen atoms in total. The van der Waals surface area contributed by atoms with Gasteiger partial charge in [-0.1, -0.05) is 42.0 Å². The fourth-order valence-electron chi connectivity index (χ4n) is 1.59. The quantitative estimate of drug-likeness (QED) is 0.874. The molecular formula is C14H11ClFNOS. The van der Waals surface area contributed by atoms with Crippen molar-refractivity contribution in [3.63, 3.8) is 0 Å². The standard InChI is InChI=1S/C14H11ClFNOS/c15-10-5-6-13(11(7-10)14(17)19)18-8-9-3-1-2-4-12(9)16/h1-7H,8H2,(H2,17,19). The molecule has 0 aliphatic heterocycles. The van der Waals surface area contributed by atoms with Gasteiger partial charge < -0.3 is 10.5 Å². The second-order valence-corrected chi connectivity index (χ2v) is 4.76. The summed E-state index contributed by atoms with van der Waals surface area (Å²) in [5.41, 5.74) is 6.61. The number of nitrogens with two attached hydrogens (primary N) is 1. The number of thiocarbonyl (C=S) groups is 1. The lowest BCUT2D eigenvalue weighted by atomic mass is 10.2. The number of ether oxygens (including phenoxy) is 1. The van der Waals surface area contributed by atoms with Crippen molar-refractivity contribution in [3.05, 3.63) is 64.4 Å². The highest BCUT2D eigenvalue weighted by atomic mass is 35.5. The number of benzene rings is 2. The molecule has 0 aliphatic rings. The molecule has 0 atom stereocenters. The van der Waals surface area contributed by atoms with Crippen molar-refractivity contribution >= 4 is 28.8 Å². The first-order chi connectivity index (χ1) is 9.08. The summed E-state index contributed by atoms with van der Waals surface area (Å²) in [6, 6.07) is 11.4. The summed E-state index contributed by atoms with van der Waals surface area (Å²) in [4.78, 5) is 0.186. The van der Waals surface area contributed by atoms with Gasteiger partial charge in [-0.05, 0) is 24.3 Å². The predicted octanol–water partition coefficient (Wildman–Crippen LogP) is 3.69. The van der Waals surface area contributed by atoms with Gasteiger partial charge in [-0.2, -0.15) is 0 Å². The van der Waals surface area contributed by atoms with Crippen LogP contribution in [0.25, 0.3) is 0 Å². The Hall–Kier alpha value is -1.65. The lowest BCUT2D eigenvalue weighted by molar-refractivity contribution is 0.299. The van der Waals surface area contributed by atoms with Crippen LogP contribution in [-0.4, -0.2) is 4.99 Å². The van der Waals surface area contributed by atoms with Crippen LogP contribution in [0.5, 0.6) is 5.75 Å². The zero-order valence-electron chi connectivity index (χ0n) is 9.90. The first-order valence-corrected chi connectivity index (χ1v) is 6.32. The normalized spacial score (nSPS) is 10.2. The van der Waals surface area contributed by atoms with Crippen LogP contribution < -0.4 is 10.5 Å². The van der Waals surface area contributed by atoms with Crippen LogP contribution in [-0.2, 0) is 6.61 Å². The van der Waals surface area contributed by atoms with Crippen LogP contribution in [0.1, 0.15) is 11.1 Å². The van der Waals surface area contributed by atoms with Crippen molar-refractivity contribution < 1.29 is 9.13 Å². The Morgan fingerprint density at radius 3 is 2.68 bits per heavy atom. The third kappa shape index (κ3) is 3.43. The molecule has 19 heavy (non-hydrogen) atoms. The van der Waals surface area contributed by atoms with Crippen molar-refractivity contribution in [3.8, 4) is 5.75 Å². The predicted molar refractivity (Wildman–Crippen MR) is 78.1 cm³/mol. The largest absolute Gasteiger partial charge is 0.488 e. The average molecular weight is 296 g/mol. The zero-order valence-corrected chi connectivity index (χ0v) is 11.5. The van der Waals surface area contributed by atoms with Gasteiger partial charge in [0.1, 0.15) is 23.2 Å². The van der Waals surface area contributed by atoms with Gasteiger partial charge in [-0.3, -0.25) is 0 Å². The second-order valence-electron chi connectivity index (χ2n) is 3.88. The Morgan fingerprint density at radius 1 is 1.26 bits per heavy atom. The summed E-state index contributed by atoms with van der Waals surface area (Å²) in [6.07, 6.45) is 0. The summed E-state index contributed by atoms with van der Waals surface area (Å²) >= 11 is 10.8. The molecule has 2 aromatic rings. The van der Waals surface area contributed by atoms with E-state index in [1.165, 1.54) is 6.07 Å². The Morgan fingerprint density at radius 2 is 2.00 bits per heavy atom. The molecule has 0 saturated carbocycles. The van der Waals surface area contributed by atoms with Crippen LogP contribution in [0.2, 0.25) is 5.02 Å². The fourth-order valence-corrected chi connectivity index (χ4v) is 1.92. The van der Waals surface area contributed by atoms with Gasteiger partial charge in [0.05, 0.1) is 5.56 Å². The highest BCUT2D eigenvalue weighted by molar-refractivity contribution is 7.80. The fraction of sp³-hybridized carbons (Fsp3) is 0.0714. The SMILES string of the molecule is NC(=S)c1cc(Cl)ccc1OCc1ccccc1F.